The highest BCUT2D eigenvalue weighted by Gasteiger charge is 2.11. The topological polar surface area (TPSA) is 17.3 Å². The molecular formula is C14H11ClN2. The van der Waals surface area contributed by atoms with Crippen molar-refractivity contribution in [3.8, 4) is 11.4 Å². The first-order chi connectivity index (χ1) is 8.27. The summed E-state index contributed by atoms with van der Waals surface area (Å²) >= 11 is 6.15. The largest absolute Gasteiger partial charge is 0.298 e. The summed E-state index contributed by atoms with van der Waals surface area (Å²) < 4.78 is 2.02. The molecule has 0 radical (unpaired) electrons. The second-order valence-electron chi connectivity index (χ2n) is 4.00. The predicted octanol–water partition coefficient (Wildman–Crippen LogP) is 3.96. The second kappa shape index (κ2) is 3.90. The second-order valence-corrected chi connectivity index (χ2v) is 4.36. The highest BCUT2D eigenvalue weighted by molar-refractivity contribution is 6.32. The Hall–Kier alpha value is -1.80. The molecule has 0 saturated carbocycles. The Kier molecular flexibility index (Phi) is 2.37. The maximum Gasteiger partial charge on any atom is 0.155 e. The average molecular weight is 243 g/mol. The molecule has 3 heteroatoms. The Labute approximate surface area is 104 Å². The van der Waals surface area contributed by atoms with E-state index in [9.17, 15) is 0 Å². The maximum absolute atomic E-state index is 6.15. The van der Waals surface area contributed by atoms with Gasteiger partial charge in [0.1, 0.15) is 5.82 Å². The lowest BCUT2D eigenvalue weighted by molar-refractivity contribution is 1.15. The number of pyridine rings is 1. The third-order valence-corrected chi connectivity index (χ3v) is 3.17. The number of imidazole rings is 1. The minimum Gasteiger partial charge on any atom is -0.298 e. The number of fused-ring (bicyclic) bond motifs is 1. The van der Waals surface area contributed by atoms with Crippen molar-refractivity contribution in [3.63, 3.8) is 0 Å². The molecule has 0 aliphatic carbocycles. The summed E-state index contributed by atoms with van der Waals surface area (Å²) in [7, 11) is 0. The highest BCUT2D eigenvalue weighted by Crippen LogP contribution is 2.27. The fourth-order valence-electron chi connectivity index (χ4n) is 2.01. The van der Waals surface area contributed by atoms with E-state index < -0.39 is 0 Å². The van der Waals surface area contributed by atoms with E-state index in [0.717, 1.165) is 16.9 Å². The molecule has 0 saturated heterocycles. The van der Waals surface area contributed by atoms with Gasteiger partial charge in [-0.3, -0.25) is 4.40 Å². The fourth-order valence-corrected chi connectivity index (χ4v) is 2.25. The lowest BCUT2D eigenvalue weighted by Crippen LogP contribution is -1.90. The zero-order valence-corrected chi connectivity index (χ0v) is 10.1. The van der Waals surface area contributed by atoms with Gasteiger partial charge in [-0.1, -0.05) is 41.9 Å². The number of hydrogen-bond acceptors (Lipinski definition) is 1. The molecule has 0 aliphatic heterocycles. The minimum absolute atomic E-state index is 0.545. The van der Waals surface area contributed by atoms with Crippen molar-refractivity contribution in [1.29, 1.82) is 0 Å². The molecule has 0 aliphatic rings. The number of aromatic nitrogens is 2. The summed E-state index contributed by atoms with van der Waals surface area (Å²) in [5, 5.41) is 0.545. The summed E-state index contributed by atoms with van der Waals surface area (Å²) in [6.45, 7) is 2.08. The highest BCUT2D eigenvalue weighted by atomic mass is 35.5. The number of rotatable bonds is 1. The van der Waals surface area contributed by atoms with Crippen molar-refractivity contribution in [2.24, 2.45) is 0 Å². The normalized spacial score (nSPS) is 10.9. The van der Waals surface area contributed by atoms with Crippen LogP contribution in [0.15, 0.2) is 48.7 Å². The van der Waals surface area contributed by atoms with E-state index in [-0.39, 0.29) is 0 Å². The van der Waals surface area contributed by atoms with Gasteiger partial charge in [0.25, 0.3) is 0 Å². The maximum atomic E-state index is 6.15. The van der Waals surface area contributed by atoms with Gasteiger partial charge in [0.15, 0.2) is 5.15 Å². The van der Waals surface area contributed by atoms with Crippen LogP contribution in [0.2, 0.25) is 5.15 Å². The first-order valence-corrected chi connectivity index (χ1v) is 5.84. The van der Waals surface area contributed by atoms with Gasteiger partial charge in [-0.05, 0) is 24.6 Å². The van der Waals surface area contributed by atoms with Gasteiger partial charge in [0.2, 0.25) is 0 Å². The van der Waals surface area contributed by atoms with Gasteiger partial charge in [-0.2, -0.15) is 0 Å². The van der Waals surface area contributed by atoms with Crippen LogP contribution in [0.4, 0.5) is 0 Å². The van der Waals surface area contributed by atoms with Crippen LogP contribution in [0, 0.1) is 6.92 Å². The Balaban J connectivity index is 2.35. The Morgan fingerprint density at radius 2 is 1.82 bits per heavy atom. The molecule has 0 atom stereocenters. The van der Waals surface area contributed by atoms with E-state index in [1.165, 1.54) is 5.56 Å². The third-order valence-electron chi connectivity index (χ3n) is 2.89. The van der Waals surface area contributed by atoms with Crippen molar-refractivity contribution in [2.45, 2.75) is 6.92 Å². The lowest BCUT2D eigenvalue weighted by atomic mass is 10.1. The van der Waals surface area contributed by atoms with E-state index in [0.29, 0.717) is 5.15 Å². The summed E-state index contributed by atoms with van der Waals surface area (Å²) in [5.41, 5.74) is 3.24. The molecule has 2 nitrogen and oxygen atoms in total. The van der Waals surface area contributed by atoms with Crippen LogP contribution in [0.5, 0.6) is 0 Å². The van der Waals surface area contributed by atoms with Crippen molar-refractivity contribution in [2.75, 3.05) is 0 Å². The van der Waals surface area contributed by atoms with Crippen LogP contribution in [0.25, 0.3) is 16.9 Å². The van der Waals surface area contributed by atoms with Crippen molar-refractivity contribution in [3.05, 3.63) is 59.4 Å². The molecule has 3 aromatic rings. The Morgan fingerprint density at radius 3 is 2.65 bits per heavy atom. The van der Waals surface area contributed by atoms with Gasteiger partial charge >= 0.3 is 0 Å². The van der Waals surface area contributed by atoms with Crippen LogP contribution >= 0.6 is 11.6 Å². The van der Waals surface area contributed by atoms with Crippen molar-refractivity contribution in [1.82, 2.24) is 9.38 Å². The predicted molar refractivity (Wildman–Crippen MR) is 70.4 cm³/mol. The van der Waals surface area contributed by atoms with Crippen molar-refractivity contribution < 1.29 is 0 Å². The standard InChI is InChI=1S/C14H11ClN2/c1-10-6-2-3-7-11(10)14-16-13(15)12-8-4-5-9-17(12)14/h2-9H,1H3. The quantitative estimate of drug-likeness (QED) is 0.631. The number of nitrogens with zero attached hydrogens (tertiary/aromatic N) is 2. The molecule has 0 bridgehead atoms. The van der Waals surface area contributed by atoms with Crippen LogP contribution in [-0.2, 0) is 0 Å². The summed E-state index contributed by atoms with van der Waals surface area (Å²) in [6, 6.07) is 14.1. The summed E-state index contributed by atoms with van der Waals surface area (Å²) in [4.78, 5) is 4.45. The van der Waals surface area contributed by atoms with E-state index >= 15 is 0 Å². The van der Waals surface area contributed by atoms with Crippen LogP contribution in [-0.4, -0.2) is 9.38 Å². The third kappa shape index (κ3) is 1.61. The molecule has 0 amide bonds. The summed E-state index contributed by atoms with van der Waals surface area (Å²) in [6.07, 6.45) is 1.98. The minimum atomic E-state index is 0.545. The monoisotopic (exact) mass is 242 g/mol. The van der Waals surface area contributed by atoms with Crippen LogP contribution in [0.1, 0.15) is 5.56 Å². The van der Waals surface area contributed by atoms with Gasteiger partial charge in [0, 0.05) is 11.8 Å². The van der Waals surface area contributed by atoms with Gasteiger partial charge in [-0.25, -0.2) is 4.98 Å². The van der Waals surface area contributed by atoms with Gasteiger partial charge in [0.05, 0.1) is 5.52 Å². The van der Waals surface area contributed by atoms with Crippen LogP contribution < -0.4 is 0 Å². The Morgan fingerprint density at radius 1 is 1.06 bits per heavy atom. The Bertz CT molecular complexity index is 686. The molecule has 17 heavy (non-hydrogen) atoms. The van der Waals surface area contributed by atoms with Gasteiger partial charge in [-0.15, -0.1) is 0 Å². The molecule has 0 spiro atoms. The number of halogens is 1. The molecular weight excluding hydrogens is 232 g/mol. The van der Waals surface area contributed by atoms with E-state index in [4.69, 9.17) is 11.6 Å². The molecule has 1 aromatic carbocycles. The van der Waals surface area contributed by atoms with Crippen LogP contribution in [0.3, 0.4) is 0 Å². The molecule has 0 unspecified atom stereocenters. The van der Waals surface area contributed by atoms with Crippen molar-refractivity contribution >= 4 is 17.1 Å². The smallest absolute Gasteiger partial charge is 0.155 e. The van der Waals surface area contributed by atoms with E-state index in [1.54, 1.807) is 0 Å². The molecule has 2 aromatic heterocycles. The van der Waals surface area contributed by atoms with Gasteiger partial charge < -0.3 is 0 Å². The lowest BCUT2D eigenvalue weighted by Gasteiger charge is -2.04. The number of hydrogen-bond donors (Lipinski definition) is 0. The SMILES string of the molecule is Cc1ccccc1-c1nc(Cl)c2ccccn12. The average Bonchev–Trinajstić information content (AvgIpc) is 2.68. The van der Waals surface area contributed by atoms with E-state index in [2.05, 4.69) is 24.0 Å². The zero-order chi connectivity index (χ0) is 11.8. The molecule has 84 valence electrons. The first-order valence-electron chi connectivity index (χ1n) is 5.46. The molecule has 3 rings (SSSR count). The zero-order valence-electron chi connectivity index (χ0n) is 9.39. The molecule has 0 N–H and O–H groups in total. The number of aryl methyl sites for hydroxylation is 1. The van der Waals surface area contributed by atoms with E-state index in [1.807, 2.05) is 40.9 Å². The molecule has 0 fully saturated rings. The summed E-state index contributed by atoms with van der Waals surface area (Å²) in [5.74, 6) is 0.892. The molecule has 2 heterocycles. The fraction of sp³-hybridized carbons (Fsp3) is 0.0714. The number of benzene rings is 1. The first kappa shape index (κ1) is 10.4.